The van der Waals surface area contributed by atoms with Gasteiger partial charge in [-0.05, 0) is 24.5 Å². The maximum Gasteiger partial charge on any atom is 0.221 e. The van der Waals surface area contributed by atoms with Crippen LogP contribution in [0.25, 0.3) is 11.0 Å². The highest BCUT2D eigenvalue weighted by atomic mass is 16.1. The Balaban J connectivity index is 2.08. The number of anilines is 1. The molecule has 0 aliphatic heterocycles. The first-order chi connectivity index (χ1) is 9.49. The molecule has 0 saturated heterocycles. The Morgan fingerprint density at radius 1 is 1.45 bits per heavy atom. The third-order valence-electron chi connectivity index (χ3n) is 3.28. The lowest BCUT2D eigenvalue weighted by Crippen LogP contribution is -2.28. The number of hydrogen-bond donors (Lipinski definition) is 2. The molecular formula is C15H22N4O. The molecule has 5 nitrogen and oxygen atoms in total. The van der Waals surface area contributed by atoms with Crippen LogP contribution < -0.4 is 11.1 Å². The predicted octanol–water partition coefficient (Wildman–Crippen LogP) is 2.09. The summed E-state index contributed by atoms with van der Waals surface area (Å²) in [6.07, 6.45) is 0.413. The first-order valence-electron chi connectivity index (χ1n) is 6.97. The molecule has 1 aromatic carbocycles. The van der Waals surface area contributed by atoms with Gasteiger partial charge in [0, 0.05) is 19.5 Å². The van der Waals surface area contributed by atoms with Crippen LogP contribution in [0.5, 0.6) is 0 Å². The van der Waals surface area contributed by atoms with Gasteiger partial charge in [-0.25, -0.2) is 4.98 Å². The van der Waals surface area contributed by atoms with Crippen LogP contribution in [0.2, 0.25) is 0 Å². The number of amides is 1. The van der Waals surface area contributed by atoms with E-state index in [-0.39, 0.29) is 5.91 Å². The van der Waals surface area contributed by atoms with Gasteiger partial charge in [-0.15, -0.1) is 0 Å². The molecule has 0 aliphatic rings. The summed E-state index contributed by atoms with van der Waals surface area (Å²) in [5.41, 5.74) is 8.94. The highest BCUT2D eigenvalue weighted by molar-refractivity contribution is 5.82. The van der Waals surface area contributed by atoms with E-state index >= 15 is 0 Å². The van der Waals surface area contributed by atoms with Crippen molar-refractivity contribution >= 4 is 22.9 Å². The molecule has 0 spiro atoms. The summed E-state index contributed by atoms with van der Waals surface area (Å²) in [6, 6.07) is 5.97. The van der Waals surface area contributed by atoms with Crippen molar-refractivity contribution in [2.45, 2.75) is 33.7 Å². The molecule has 0 atom stereocenters. The van der Waals surface area contributed by atoms with Crippen molar-refractivity contribution < 1.29 is 4.79 Å². The van der Waals surface area contributed by atoms with Crippen molar-refractivity contribution in [2.75, 3.05) is 12.3 Å². The van der Waals surface area contributed by atoms with E-state index in [0.29, 0.717) is 31.4 Å². The van der Waals surface area contributed by atoms with Crippen molar-refractivity contribution in [3.8, 4) is 0 Å². The number of imidazole rings is 1. The van der Waals surface area contributed by atoms with Gasteiger partial charge in [0.1, 0.15) is 0 Å². The monoisotopic (exact) mass is 274 g/mol. The average Bonchev–Trinajstić information content (AvgIpc) is 2.71. The lowest BCUT2D eigenvalue weighted by atomic mass is 10.2. The van der Waals surface area contributed by atoms with Gasteiger partial charge >= 0.3 is 0 Å². The number of carbonyl (C=O) groups excluding carboxylic acids is 1. The zero-order valence-corrected chi connectivity index (χ0v) is 12.3. The van der Waals surface area contributed by atoms with Crippen LogP contribution in [0.3, 0.4) is 0 Å². The molecule has 108 valence electrons. The van der Waals surface area contributed by atoms with Gasteiger partial charge in [0.15, 0.2) is 0 Å². The van der Waals surface area contributed by atoms with Crippen molar-refractivity contribution in [3.63, 3.8) is 0 Å². The van der Waals surface area contributed by atoms with Gasteiger partial charge in [0.2, 0.25) is 11.9 Å². The van der Waals surface area contributed by atoms with Crippen LogP contribution in [-0.4, -0.2) is 22.0 Å². The molecule has 0 unspecified atom stereocenters. The molecule has 1 amide bonds. The number of aryl methyl sites for hydroxylation is 2. The maximum atomic E-state index is 11.8. The fraction of sp³-hybridized carbons (Fsp3) is 0.467. The number of benzene rings is 1. The number of nitrogen functional groups attached to an aromatic ring is 1. The summed E-state index contributed by atoms with van der Waals surface area (Å²) < 4.78 is 1.90. The second-order valence-corrected chi connectivity index (χ2v) is 5.51. The molecule has 5 heteroatoms. The second-order valence-electron chi connectivity index (χ2n) is 5.51. The fourth-order valence-corrected chi connectivity index (χ4v) is 2.16. The van der Waals surface area contributed by atoms with Crippen LogP contribution >= 0.6 is 0 Å². The Morgan fingerprint density at radius 3 is 2.90 bits per heavy atom. The summed E-state index contributed by atoms with van der Waals surface area (Å²) in [4.78, 5) is 16.1. The number of hydrogen-bond acceptors (Lipinski definition) is 3. The van der Waals surface area contributed by atoms with Crippen molar-refractivity contribution in [3.05, 3.63) is 23.8 Å². The standard InChI is InChI=1S/C15H22N4O/c1-10(2)9-17-13(20)7-8-19-12-6-4-5-11(3)14(12)18-15(19)16/h4-6,10H,7-9H2,1-3H3,(H2,16,18)(H,17,20). The number of rotatable bonds is 5. The quantitative estimate of drug-likeness (QED) is 0.877. The van der Waals surface area contributed by atoms with E-state index in [1.807, 2.05) is 29.7 Å². The SMILES string of the molecule is Cc1cccc2c1nc(N)n2CCC(=O)NCC(C)C. The smallest absolute Gasteiger partial charge is 0.221 e. The van der Waals surface area contributed by atoms with Gasteiger partial charge < -0.3 is 15.6 Å². The summed E-state index contributed by atoms with van der Waals surface area (Å²) in [5.74, 6) is 0.972. The average molecular weight is 274 g/mol. The van der Waals surface area contributed by atoms with Crippen LogP contribution in [0, 0.1) is 12.8 Å². The van der Waals surface area contributed by atoms with E-state index in [4.69, 9.17) is 5.73 Å². The van der Waals surface area contributed by atoms with Crippen LogP contribution in [-0.2, 0) is 11.3 Å². The number of aromatic nitrogens is 2. The van der Waals surface area contributed by atoms with E-state index in [1.165, 1.54) is 0 Å². The number of para-hydroxylation sites is 1. The van der Waals surface area contributed by atoms with E-state index in [2.05, 4.69) is 24.1 Å². The molecule has 1 aromatic heterocycles. The summed E-state index contributed by atoms with van der Waals surface area (Å²) in [7, 11) is 0. The lowest BCUT2D eigenvalue weighted by Gasteiger charge is -2.09. The Kier molecular flexibility index (Phi) is 4.27. The van der Waals surface area contributed by atoms with Crippen molar-refractivity contribution in [2.24, 2.45) is 5.92 Å². The normalized spacial score (nSPS) is 11.2. The van der Waals surface area contributed by atoms with E-state index in [0.717, 1.165) is 16.6 Å². The molecule has 2 aromatic rings. The Morgan fingerprint density at radius 2 is 2.20 bits per heavy atom. The lowest BCUT2D eigenvalue weighted by molar-refractivity contribution is -0.121. The third kappa shape index (κ3) is 3.10. The molecule has 2 rings (SSSR count). The van der Waals surface area contributed by atoms with Crippen LogP contribution in [0.15, 0.2) is 18.2 Å². The highest BCUT2D eigenvalue weighted by Crippen LogP contribution is 2.21. The summed E-state index contributed by atoms with van der Waals surface area (Å²) in [5, 5.41) is 2.91. The molecule has 0 radical (unpaired) electrons. The van der Waals surface area contributed by atoms with Gasteiger partial charge in [0.25, 0.3) is 0 Å². The molecule has 0 aliphatic carbocycles. The molecule has 0 fully saturated rings. The topological polar surface area (TPSA) is 72.9 Å². The van der Waals surface area contributed by atoms with Crippen molar-refractivity contribution in [1.29, 1.82) is 0 Å². The van der Waals surface area contributed by atoms with Crippen LogP contribution in [0.4, 0.5) is 5.95 Å². The molecule has 0 saturated carbocycles. The molecule has 3 N–H and O–H groups in total. The van der Waals surface area contributed by atoms with Crippen molar-refractivity contribution in [1.82, 2.24) is 14.9 Å². The third-order valence-corrected chi connectivity index (χ3v) is 3.28. The van der Waals surface area contributed by atoms with Gasteiger partial charge in [0.05, 0.1) is 11.0 Å². The first-order valence-corrected chi connectivity index (χ1v) is 6.97. The zero-order valence-electron chi connectivity index (χ0n) is 12.3. The number of nitrogens with zero attached hydrogens (tertiary/aromatic N) is 2. The number of carbonyl (C=O) groups is 1. The fourth-order valence-electron chi connectivity index (χ4n) is 2.16. The zero-order chi connectivity index (χ0) is 14.7. The van der Waals surface area contributed by atoms with Gasteiger partial charge in [-0.2, -0.15) is 0 Å². The minimum absolute atomic E-state index is 0.0487. The highest BCUT2D eigenvalue weighted by Gasteiger charge is 2.11. The Labute approximate surface area is 119 Å². The number of nitrogens with two attached hydrogens (primary N) is 1. The predicted molar refractivity (Wildman–Crippen MR) is 81.3 cm³/mol. The van der Waals surface area contributed by atoms with Gasteiger partial charge in [-0.3, -0.25) is 4.79 Å². The van der Waals surface area contributed by atoms with E-state index < -0.39 is 0 Å². The maximum absolute atomic E-state index is 11.8. The Hall–Kier alpha value is -2.04. The van der Waals surface area contributed by atoms with E-state index in [1.54, 1.807) is 0 Å². The van der Waals surface area contributed by atoms with Gasteiger partial charge in [-0.1, -0.05) is 26.0 Å². The number of fused-ring (bicyclic) bond motifs is 1. The molecular weight excluding hydrogens is 252 g/mol. The molecule has 20 heavy (non-hydrogen) atoms. The summed E-state index contributed by atoms with van der Waals surface area (Å²) in [6.45, 7) is 7.41. The largest absolute Gasteiger partial charge is 0.369 e. The second kappa shape index (κ2) is 5.94. The summed E-state index contributed by atoms with van der Waals surface area (Å²) >= 11 is 0. The molecule has 1 heterocycles. The Bertz CT molecular complexity index is 616. The van der Waals surface area contributed by atoms with E-state index in [9.17, 15) is 4.79 Å². The minimum atomic E-state index is 0.0487. The first kappa shape index (κ1) is 14.4. The molecule has 0 bridgehead atoms. The van der Waals surface area contributed by atoms with Crippen LogP contribution in [0.1, 0.15) is 25.8 Å². The minimum Gasteiger partial charge on any atom is -0.369 e. The number of nitrogens with one attached hydrogen (secondary N) is 1.